The molecule has 0 unspecified atom stereocenters. The van der Waals surface area contributed by atoms with Crippen molar-refractivity contribution in [3.8, 4) is 0 Å². The highest BCUT2D eigenvalue weighted by molar-refractivity contribution is 5.81. The summed E-state index contributed by atoms with van der Waals surface area (Å²) in [6, 6.07) is 5.57. The van der Waals surface area contributed by atoms with Crippen LogP contribution >= 0.6 is 0 Å². The molecule has 1 aliphatic rings. The number of aromatic nitrogens is 2. The van der Waals surface area contributed by atoms with Crippen molar-refractivity contribution >= 4 is 10.9 Å². The molecule has 0 saturated carbocycles. The van der Waals surface area contributed by atoms with Crippen LogP contribution in [0, 0.1) is 12.8 Å². The minimum absolute atomic E-state index is 0.172. The highest BCUT2D eigenvalue weighted by Gasteiger charge is 2.20. The van der Waals surface area contributed by atoms with E-state index in [-0.39, 0.29) is 11.2 Å². The van der Waals surface area contributed by atoms with Gasteiger partial charge in [0.25, 0.3) is 5.56 Å². The number of benzene rings is 1. The maximum atomic E-state index is 12.5. The molecule has 0 amide bonds. The second-order valence-corrected chi connectivity index (χ2v) is 5.25. The van der Waals surface area contributed by atoms with Crippen LogP contribution in [0.25, 0.3) is 10.9 Å². The van der Waals surface area contributed by atoms with Gasteiger partial charge in [0.2, 0.25) is 0 Å². The third-order valence-electron chi connectivity index (χ3n) is 3.87. The Balaban J connectivity index is 2.29. The Bertz CT molecular complexity index is 754. The van der Waals surface area contributed by atoms with Crippen molar-refractivity contribution in [2.24, 2.45) is 13.0 Å². The molecule has 0 bridgehead atoms. The maximum Gasteiger partial charge on any atom is 0.331 e. The first-order valence-corrected chi connectivity index (χ1v) is 6.49. The molecule has 1 fully saturated rings. The van der Waals surface area contributed by atoms with Gasteiger partial charge in [-0.2, -0.15) is 0 Å². The first kappa shape index (κ1) is 12.2. The molecule has 2 heterocycles. The molecular formula is C14H17N3O2. The van der Waals surface area contributed by atoms with Crippen LogP contribution in [-0.2, 0) is 13.6 Å². The Morgan fingerprint density at radius 1 is 1.32 bits per heavy atom. The van der Waals surface area contributed by atoms with Gasteiger partial charge in [0.15, 0.2) is 0 Å². The number of hydrogen-bond donors (Lipinski definition) is 1. The Labute approximate surface area is 110 Å². The van der Waals surface area contributed by atoms with Gasteiger partial charge < -0.3 is 5.32 Å². The van der Waals surface area contributed by atoms with E-state index in [4.69, 9.17) is 0 Å². The lowest BCUT2D eigenvalue weighted by molar-refractivity contribution is 0.298. The zero-order chi connectivity index (χ0) is 13.6. The van der Waals surface area contributed by atoms with E-state index in [1.54, 1.807) is 17.7 Å². The van der Waals surface area contributed by atoms with E-state index < -0.39 is 0 Å². The van der Waals surface area contributed by atoms with Crippen LogP contribution in [0.15, 0.2) is 27.8 Å². The van der Waals surface area contributed by atoms with Crippen LogP contribution in [0.1, 0.15) is 5.56 Å². The quantitative estimate of drug-likeness (QED) is 0.840. The second kappa shape index (κ2) is 4.35. The number of aryl methyl sites for hydroxylation is 2. The monoisotopic (exact) mass is 259 g/mol. The zero-order valence-electron chi connectivity index (χ0n) is 11.1. The summed E-state index contributed by atoms with van der Waals surface area (Å²) in [5.41, 5.74) is 1.29. The molecule has 0 aliphatic carbocycles. The van der Waals surface area contributed by atoms with E-state index in [1.165, 1.54) is 4.57 Å². The van der Waals surface area contributed by atoms with Crippen LogP contribution in [0.3, 0.4) is 0 Å². The minimum atomic E-state index is -0.223. The van der Waals surface area contributed by atoms with E-state index in [9.17, 15) is 9.59 Å². The molecule has 100 valence electrons. The molecule has 1 aliphatic heterocycles. The van der Waals surface area contributed by atoms with Crippen molar-refractivity contribution < 1.29 is 0 Å². The van der Waals surface area contributed by atoms with Crippen molar-refractivity contribution in [1.29, 1.82) is 0 Å². The summed E-state index contributed by atoms with van der Waals surface area (Å²) in [7, 11) is 1.73. The molecular weight excluding hydrogens is 242 g/mol. The standard InChI is InChI=1S/C14H17N3O2/c1-9-4-3-5-11-12(9)16(2)14(19)17(13(11)18)8-10-6-15-7-10/h3-5,10,15H,6-8H2,1-2H3. The van der Waals surface area contributed by atoms with Crippen LogP contribution in [0.2, 0.25) is 0 Å². The van der Waals surface area contributed by atoms with Gasteiger partial charge in [-0.15, -0.1) is 0 Å². The molecule has 5 nitrogen and oxygen atoms in total. The molecule has 2 aromatic rings. The Morgan fingerprint density at radius 3 is 2.68 bits per heavy atom. The summed E-state index contributed by atoms with van der Waals surface area (Å²) < 4.78 is 2.95. The smallest absolute Gasteiger partial charge is 0.316 e. The van der Waals surface area contributed by atoms with E-state index in [1.807, 2.05) is 19.1 Å². The minimum Gasteiger partial charge on any atom is -0.316 e. The number of hydrogen-bond acceptors (Lipinski definition) is 3. The predicted octanol–water partition coefficient (Wildman–Crippen LogP) is 0.228. The number of para-hydroxylation sites is 1. The van der Waals surface area contributed by atoms with Crippen LogP contribution in [-0.4, -0.2) is 22.2 Å². The molecule has 0 spiro atoms. The van der Waals surface area contributed by atoms with Crippen molar-refractivity contribution in [2.75, 3.05) is 13.1 Å². The third kappa shape index (κ3) is 1.81. The number of fused-ring (bicyclic) bond motifs is 1. The topological polar surface area (TPSA) is 56.0 Å². The molecule has 1 aromatic carbocycles. The van der Waals surface area contributed by atoms with Crippen LogP contribution < -0.4 is 16.6 Å². The van der Waals surface area contributed by atoms with E-state index in [2.05, 4.69) is 5.32 Å². The Hall–Kier alpha value is -1.88. The van der Waals surface area contributed by atoms with Crippen LogP contribution in [0.5, 0.6) is 0 Å². The number of nitrogens with zero attached hydrogens (tertiary/aromatic N) is 2. The van der Waals surface area contributed by atoms with E-state index in [0.29, 0.717) is 17.8 Å². The molecule has 0 radical (unpaired) electrons. The summed E-state index contributed by atoms with van der Waals surface area (Å²) in [6.07, 6.45) is 0. The van der Waals surface area contributed by atoms with Crippen molar-refractivity contribution in [3.05, 3.63) is 44.6 Å². The zero-order valence-corrected chi connectivity index (χ0v) is 11.1. The third-order valence-corrected chi connectivity index (χ3v) is 3.87. The van der Waals surface area contributed by atoms with Gasteiger partial charge in [0, 0.05) is 32.6 Å². The van der Waals surface area contributed by atoms with Gasteiger partial charge in [-0.25, -0.2) is 4.79 Å². The summed E-state index contributed by atoms with van der Waals surface area (Å²) in [5, 5.41) is 3.78. The van der Waals surface area contributed by atoms with Gasteiger partial charge in [0.05, 0.1) is 10.9 Å². The van der Waals surface area contributed by atoms with Gasteiger partial charge in [-0.3, -0.25) is 13.9 Å². The Morgan fingerprint density at radius 2 is 2.05 bits per heavy atom. The molecule has 1 N–H and O–H groups in total. The van der Waals surface area contributed by atoms with Crippen molar-refractivity contribution in [2.45, 2.75) is 13.5 Å². The lowest BCUT2D eigenvalue weighted by atomic mass is 10.0. The summed E-state index contributed by atoms with van der Waals surface area (Å²) in [5.74, 6) is 0.382. The van der Waals surface area contributed by atoms with Gasteiger partial charge in [-0.05, 0) is 18.6 Å². The highest BCUT2D eigenvalue weighted by Crippen LogP contribution is 2.13. The van der Waals surface area contributed by atoms with Gasteiger partial charge in [-0.1, -0.05) is 12.1 Å². The van der Waals surface area contributed by atoms with Crippen LogP contribution in [0.4, 0.5) is 0 Å². The molecule has 1 saturated heterocycles. The molecule has 1 aromatic heterocycles. The second-order valence-electron chi connectivity index (χ2n) is 5.25. The lowest BCUT2D eigenvalue weighted by Crippen LogP contribution is -2.49. The van der Waals surface area contributed by atoms with E-state index >= 15 is 0 Å². The summed E-state index contributed by atoms with van der Waals surface area (Å²) >= 11 is 0. The first-order chi connectivity index (χ1) is 9.09. The van der Waals surface area contributed by atoms with Crippen molar-refractivity contribution in [1.82, 2.24) is 14.5 Å². The van der Waals surface area contributed by atoms with E-state index in [0.717, 1.165) is 24.2 Å². The van der Waals surface area contributed by atoms with Gasteiger partial charge in [0.1, 0.15) is 0 Å². The largest absolute Gasteiger partial charge is 0.331 e. The number of nitrogens with one attached hydrogen (secondary N) is 1. The fourth-order valence-corrected chi connectivity index (χ4v) is 2.68. The summed E-state index contributed by atoms with van der Waals surface area (Å²) in [6.45, 7) is 4.17. The molecule has 19 heavy (non-hydrogen) atoms. The maximum absolute atomic E-state index is 12.5. The molecule has 5 heteroatoms. The highest BCUT2D eigenvalue weighted by atomic mass is 16.2. The van der Waals surface area contributed by atoms with Crippen molar-refractivity contribution in [3.63, 3.8) is 0 Å². The Kier molecular flexibility index (Phi) is 2.78. The fourth-order valence-electron chi connectivity index (χ4n) is 2.68. The van der Waals surface area contributed by atoms with Gasteiger partial charge >= 0.3 is 5.69 Å². The molecule has 0 atom stereocenters. The SMILES string of the molecule is Cc1cccc2c(=O)n(CC3CNC3)c(=O)n(C)c12. The average Bonchev–Trinajstić information content (AvgIpc) is 2.34. The first-order valence-electron chi connectivity index (χ1n) is 6.49. The normalized spacial score (nSPS) is 15.7. The summed E-state index contributed by atoms with van der Waals surface area (Å²) in [4.78, 5) is 24.8. The number of rotatable bonds is 2. The average molecular weight is 259 g/mol. The predicted molar refractivity (Wildman–Crippen MR) is 74.5 cm³/mol. The molecule has 3 rings (SSSR count). The fraction of sp³-hybridized carbons (Fsp3) is 0.429. The lowest BCUT2D eigenvalue weighted by Gasteiger charge is -2.27.